The number of rotatable bonds is 3. The van der Waals surface area contributed by atoms with E-state index in [0.29, 0.717) is 26.1 Å². The van der Waals surface area contributed by atoms with Gasteiger partial charge in [0.25, 0.3) is 0 Å². The molecular weight excluding hydrogens is 266 g/mol. The lowest BCUT2D eigenvalue weighted by atomic mass is 9.72. The molecule has 1 heterocycles. The predicted octanol–water partition coefficient (Wildman–Crippen LogP) is 0.523. The van der Waals surface area contributed by atoms with Gasteiger partial charge in [-0.2, -0.15) is 0 Å². The number of ketones is 1. The van der Waals surface area contributed by atoms with Crippen molar-refractivity contribution in [3.05, 3.63) is 0 Å². The van der Waals surface area contributed by atoms with Crippen molar-refractivity contribution < 1.29 is 17.9 Å². The highest BCUT2D eigenvalue weighted by Gasteiger charge is 2.47. The molecule has 4 atom stereocenters. The molecule has 2 rings (SSSR count). The van der Waals surface area contributed by atoms with E-state index < -0.39 is 15.3 Å². The zero-order chi connectivity index (χ0) is 14.3. The summed E-state index contributed by atoms with van der Waals surface area (Å²) < 4.78 is 28.6. The van der Waals surface area contributed by atoms with Crippen molar-refractivity contribution in [3.8, 4) is 0 Å². The van der Waals surface area contributed by atoms with E-state index in [1.165, 1.54) is 6.26 Å². The fourth-order valence-corrected chi connectivity index (χ4v) is 4.36. The lowest BCUT2D eigenvalue weighted by Crippen LogP contribution is -2.48. The summed E-state index contributed by atoms with van der Waals surface area (Å²) in [4.78, 5) is 12.7. The van der Waals surface area contributed by atoms with Crippen LogP contribution < -0.4 is 5.73 Å². The summed E-state index contributed by atoms with van der Waals surface area (Å²) in [7, 11) is -3.06. The van der Waals surface area contributed by atoms with Crippen LogP contribution in [0, 0.1) is 11.3 Å². The molecule has 19 heavy (non-hydrogen) atoms. The number of ether oxygens (including phenoxy) is 1. The lowest BCUT2D eigenvalue weighted by Gasteiger charge is -2.34. The first kappa shape index (κ1) is 14.9. The van der Waals surface area contributed by atoms with E-state index in [2.05, 4.69) is 0 Å². The zero-order valence-corrected chi connectivity index (χ0v) is 12.4. The van der Waals surface area contributed by atoms with E-state index in [0.717, 1.165) is 12.8 Å². The molecule has 1 saturated carbocycles. The molecule has 110 valence electrons. The second-order valence-corrected chi connectivity index (χ2v) is 8.54. The lowest BCUT2D eigenvalue weighted by molar-refractivity contribution is -0.133. The molecule has 2 fully saturated rings. The first-order valence-corrected chi connectivity index (χ1v) is 8.77. The highest BCUT2D eigenvalue weighted by atomic mass is 32.2. The Kier molecular flexibility index (Phi) is 4.05. The Balaban J connectivity index is 2.12. The third kappa shape index (κ3) is 2.85. The number of carbonyl (C=O) groups excluding carboxylic acids is 1. The quantitative estimate of drug-likeness (QED) is 0.818. The molecule has 0 radical (unpaired) electrons. The molecule has 0 aromatic rings. The summed E-state index contributed by atoms with van der Waals surface area (Å²) in [5.41, 5.74) is 5.33. The fraction of sp³-hybridized carbons (Fsp3) is 0.923. The van der Waals surface area contributed by atoms with Crippen LogP contribution >= 0.6 is 0 Å². The number of sulfone groups is 1. The van der Waals surface area contributed by atoms with Gasteiger partial charge >= 0.3 is 0 Å². The molecule has 0 spiro atoms. The SMILES string of the molecule is CC1(C(=O)C2CCCC(S(C)(=O)=O)C2)COCC1N. The predicted molar refractivity (Wildman–Crippen MR) is 72.5 cm³/mol. The van der Waals surface area contributed by atoms with Gasteiger partial charge in [-0.05, 0) is 26.2 Å². The molecule has 4 unspecified atom stereocenters. The van der Waals surface area contributed by atoms with E-state index in [9.17, 15) is 13.2 Å². The normalized spacial score (nSPS) is 40.3. The molecule has 0 aromatic carbocycles. The molecule has 1 saturated heterocycles. The van der Waals surface area contributed by atoms with E-state index in [1.807, 2.05) is 6.92 Å². The number of hydrogen-bond donors (Lipinski definition) is 1. The van der Waals surface area contributed by atoms with Crippen LogP contribution in [0.2, 0.25) is 0 Å². The highest BCUT2D eigenvalue weighted by molar-refractivity contribution is 7.91. The van der Waals surface area contributed by atoms with E-state index in [4.69, 9.17) is 10.5 Å². The summed E-state index contributed by atoms with van der Waals surface area (Å²) in [6.07, 6.45) is 3.94. The minimum atomic E-state index is -3.06. The Morgan fingerprint density at radius 1 is 1.37 bits per heavy atom. The van der Waals surface area contributed by atoms with Crippen LogP contribution in [-0.4, -0.2) is 45.0 Å². The van der Waals surface area contributed by atoms with Crippen LogP contribution in [0.15, 0.2) is 0 Å². The van der Waals surface area contributed by atoms with Crippen molar-refractivity contribution in [1.29, 1.82) is 0 Å². The van der Waals surface area contributed by atoms with E-state index >= 15 is 0 Å². The molecule has 2 aliphatic rings. The van der Waals surface area contributed by atoms with Gasteiger partial charge < -0.3 is 10.5 Å². The molecule has 0 bridgehead atoms. The second kappa shape index (κ2) is 5.14. The van der Waals surface area contributed by atoms with Crippen molar-refractivity contribution in [2.45, 2.75) is 43.9 Å². The van der Waals surface area contributed by atoms with Crippen LogP contribution in [0.1, 0.15) is 32.6 Å². The monoisotopic (exact) mass is 289 g/mol. The Bertz CT molecular complexity index is 461. The van der Waals surface area contributed by atoms with E-state index in [1.54, 1.807) is 0 Å². The Morgan fingerprint density at radius 2 is 2.05 bits per heavy atom. The summed E-state index contributed by atoms with van der Waals surface area (Å²) in [5, 5.41) is -0.377. The standard InChI is InChI=1S/C13H23NO4S/c1-13(8-18-7-11(13)14)12(15)9-4-3-5-10(6-9)19(2,16)17/h9-11H,3-8,14H2,1-2H3. The molecular formula is C13H23NO4S. The van der Waals surface area contributed by atoms with Gasteiger partial charge in [-0.3, -0.25) is 4.79 Å². The number of Topliss-reactive ketones (excluding diaryl/α,β-unsaturated/α-hetero) is 1. The minimum Gasteiger partial charge on any atom is -0.379 e. The van der Waals surface area contributed by atoms with Gasteiger partial charge in [-0.15, -0.1) is 0 Å². The van der Waals surface area contributed by atoms with Crippen LogP contribution in [0.4, 0.5) is 0 Å². The molecule has 1 aliphatic heterocycles. The Morgan fingerprint density at radius 3 is 2.58 bits per heavy atom. The largest absolute Gasteiger partial charge is 0.379 e. The van der Waals surface area contributed by atoms with Crippen LogP contribution in [0.3, 0.4) is 0 Å². The van der Waals surface area contributed by atoms with Crippen molar-refractivity contribution in [2.24, 2.45) is 17.1 Å². The first-order chi connectivity index (χ1) is 8.75. The maximum Gasteiger partial charge on any atom is 0.150 e. The number of hydrogen-bond acceptors (Lipinski definition) is 5. The maximum atomic E-state index is 12.7. The summed E-state index contributed by atoms with van der Waals surface area (Å²) >= 11 is 0. The molecule has 2 N–H and O–H groups in total. The van der Waals surface area contributed by atoms with Gasteiger partial charge in [-0.25, -0.2) is 8.42 Å². The smallest absolute Gasteiger partial charge is 0.150 e. The third-order valence-corrected chi connectivity index (χ3v) is 6.32. The average Bonchev–Trinajstić information content (AvgIpc) is 2.69. The summed E-state index contributed by atoms with van der Waals surface area (Å²) in [5.74, 6) is -0.0999. The molecule has 1 aliphatic carbocycles. The van der Waals surface area contributed by atoms with Crippen molar-refractivity contribution in [1.82, 2.24) is 0 Å². The van der Waals surface area contributed by atoms with Gasteiger partial charge in [0.2, 0.25) is 0 Å². The molecule has 0 aromatic heterocycles. The van der Waals surface area contributed by atoms with Crippen LogP contribution in [0.25, 0.3) is 0 Å². The van der Waals surface area contributed by atoms with Crippen molar-refractivity contribution in [3.63, 3.8) is 0 Å². The zero-order valence-electron chi connectivity index (χ0n) is 11.6. The van der Waals surface area contributed by atoms with E-state index in [-0.39, 0.29) is 23.0 Å². The minimum absolute atomic E-state index is 0.0888. The van der Waals surface area contributed by atoms with Crippen molar-refractivity contribution in [2.75, 3.05) is 19.5 Å². The van der Waals surface area contributed by atoms with Gasteiger partial charge in [-0.1, -0.05) is 6.42 Å². The fourth-order valence-electron chi connectivity index (χ4n) is 3.18. The van der Waals surface area contributed by atoms with Gasteiger partial charge in [0.05, 0.1) is 23.9 Å². The molecule has 6 heteroatoms. The van der Waals surface area contributed by atoms with Crippen LogP contribution in [0.5, 0.6) is 0 Å². The Hall–Kier alpha value is -0.460. The Labute approximate surface area is 114 Å². The van der Waals surface area contributed by atoms with Gasteiger partial charge in [0.15, 0.2) is 0 Å². The summed E-state index contributed by atoms with van der Waals surface area (Å²) in [6.45, 7) is 2.61. The molecule has 5 nitrogen and oxygen atoms in total. The molecule has 0 amide bonds. The number of nitrogens with two attached hydrogens (primary N) is 1. The van der Waals surface area contributed by atoms with Crippen molar-refractivity contribution >= 4 is 15.6 Å². The third-order valence-electron chi connectivity index (χ3n) is 4.68. The highest BCUT2D eigenvalue weighted by Crippen LogP contribution is 2.37. The first-order valence-electron chi connectivity index (χ1n) is 6.81. The topological polar surface area (TPSA) is 86.5 Å². The second-order valence-electron chi connectivity index (χ2n) is 6.22. The number of carbonyl (C=O) groups is 1. The van der Waals surface area contributed by atoms with Crippen LogP contribution in [-0.2, 0) is 19.4 Å². The maximum absolute atomic E-state index is 12.7. The van der Waals surface area contributed by atoms with Gasteiger partial charge in [0, 0.05) is 18.2 Å². The van der Waals surface area contributed by atoms with Gasteiger partial charge in [0.1, 0.15) is 15.6 Å². The summed E-state index contributed by atoms with van der Waals surface area (Å²) in [6, 6.07) is -0.279. The average molecular weight is 289 g/mol.